The minimum atomic E-state index is -0.698. The third-order valence-corrected chi connectivity index (χ3v) is 1.32. The van der Waals surface area contributed by atoms with E-state index in [1.165, 1.54) is 0 Å². The van der Waals surface area contributed by atoms with Crippen LogP contribution in [0.4, 0.5) is 0 Å². The van der Waals surface area contributed by atoms with E-state index in [-0.39, 0.29) is 12.7 Å². The molecule has 0 saturated heterocycles. The minimum absolute atomic E-state index is 0.0727. The van der Waals surface area contributed by atoms with Crippen LogP contribution < -0.4 is 5.73 Å². The second kappa shape index (κ2) is 5.32. The van der Waals surface area contributed by atoms with Crippen molar-refractivity contribution in [1.82, 2.24) is 0 Å². The third kappa shape index (κ3) is 6.86. The Morgan fingerprint density at radius 3 is 2.21 bits per heavy atom. The van der Waals surface area contributed by atoms with E-state index in [1.54, 1.807) is 20.8 Å². The van der Waals surface area contributed by atoms with Crippen molar-refractivity contribution in [3.63, 3.8) is 0 Å². The first-order chi connectivity index (χ1) is 6.22. The Labute approximate surface area is 85.8 Å². The summed E-state index contributed by atoms with van der Waals surface area (Å²) < 4.78 is 10.3. The van der Waals surface area contributed by atoms with Crippen molar-refractivity contribution >= 4 is 5.97 Å². The molecule has 84 valence electrons. The van der Waals surface area contributed by atoms with Gasteiger partial charge in [0.1, 0.15) is 11.6 Å². The first kappa shape index (κ1) is 13.4. The van der Waals surface area contributed by atoms with E-state index in [0.29, 0.717) is 0 Å². The second-order valence-electron chi connectivity index (χ2n) is 4.52. The van der Waals surface area contributed by atoms with Crippen LogP contribution >= 0.6 is 0 Å². The van der Waals surface area contributed by atoms with Crippen LogP contribution in [0.3, 0.4) is 0 Å². The van der Waals surface area contributed by atoms with Crippen LogP contribution in [0.1, 0.15) is 34.6 Å². The van der Waals surface area contributed by atoms with Gasteiger partial charge in [0, 0.05) is 0 Å². The normalized spacial score (nSPS) is 14.2. The fourth-order valence-electron chi connectivity index (χ4n) is 0.742. The van der Waals surface area contributed by atoms with E-state index in [0.717, 1.165) is 0 Å². The topological polar surface area (TPSA) is 61.5 Å². The second-order valence-corrected chi connectivity index (χ2v) is 4.52. The molecule has 0 fully saturated rings. The molecule has 4 heteroatoms. The molecular formula is C10H21NO3. The Morgan fingerprint density at radius 1 is 1.36 bits per heavy atom. The van der Waals surface area contributed by atoms with Crippen LogP contribution in [0.25, 0.3) is 0 Å². The maximum absolute atomic E-state index is 11.3. The number of ether oxygens (including phenoxy) is 2. The number of carbonyl (C=O) groups excluding carboxylic acids is 1. The summed E-state index contributed by atoms with van der Waals surface area (Å²) in [6.45, 7) is 9.40. The predicted octanol–water partition coefficient (Wildman–Crippen LogP) is 1.08. The van der Waals surface area contributed by atoms with Crippen LogP contribution in [0.5, 0.6) is 0 Å². The lowest BCUT2D eigenvalue weighted by Gasteiger charge is -2.22. The summed E-state index contributed by atoms with van der Waals surface area (Å²) in [4.78, 5) is 11.3. The zero-order chi connectivity index (χ0) is 11.4. The van der Waals surface area contributed by atoms with Gasteiger partial charge in [0.15, 0.2) is 0 Å². The number of esters is 1. The van der Waals surface area contributed by atoms with Crippen LogP contribution in [0.15, 0.2) is 0 Å². The average Bonchev–Trinajstić information content (AvgIpc) is 1.96. The van der Waals surface area contributed by atoms with Crippen LogP contribution in [0, 0.1) is 0 Å². The van der Waals surface area contributed by atoms with Gasteiger partial charge in [-0.2, -0.15) is 0 Å². The SMILES string of the molecule is CC(C)OC[C@@H](N)C(=O)OC(C)(C)C. The largest absolute Gasteiger partial charge is 0.459 e. The molecule has 0 unspecified atom stereocenters. The molecule has 0 saturated carbocycles. The minimum Gasteiger partial charge on any atom is -0.459 e. The summed E-state index contributed by atoms with van der Waals surface area (Å²) in [7, 11) is 0. The van der Waals surface area contributed by atoms with Gasteiger partial charge in [-0.3, -0.25) is 4.79 Å². The molecule has 0 rings (SSSR count). The zero-order valence-electron chi connectivity index (χ0n) is 9.66. The Hall–Kier alpha value is -0.610. The Morgan fingerprint density at radius 2 is 1.86 bits per heavy atom. The van der Waals surface area contributed by atoms with Gasteiger partial charge in [0.2, 0.25) is 0 Å². The summed E-state index contributed by atoms with van der Waals surface area (Å²) in [5, 5.41) is 0. The molecule has 2 N–H and O–H groups in total. The highest BCUT2D eigenvalue weighted by Crippen LogP contribution is 2.08. The van der Waals surface area contributed by atoms with Gasteiger partial charge < -0.3 is 15.2 Å². The van der Waals surface area contributed by atoms with E-state index in [1.807, 2.05) is 13.8 Å². The quantitative estimate of drug-likeness (QED) is 0.694. The van der Waals surface area contributed by atoms with Gasteiger partial charge >= 0.3 is 5.97 Å². The highest BCUT2D eigenvalue weighted by molar-refractivity contribution is 5.76. The summed E-state index contributed by atoms with van der Waals surface area (Å²) >= 11 is 0. The molecule has 0 radical (unpaired) electrons. The maximum atomic E-state index is 11.3. The van der Waals surface area contributed by atoms with E-state index in [2.05, 4.69) is 0 Å². The van der Waals surface area contributed by atoms with E-state index in [9.17, 15) is 4.79 Å². The lowest BCUT2D eigenvalue weighted by molar-refractivity contribution is -0.158. The Kier molecular flexibility index (Phi) is 5.08. The van der Waals surface area contributed by atoms with E-state index < -0.39 is 17.6 Å². The summed E-state index contributed by atoms with van der Waals surface area (Å²) in [5.41, 5.74) is 5.08. The number of hydrogen-bond acceptors (Lipinski definition) is 4. The molecule has 0 aliphatic rings. The smallest absolute Gasteiger partial charge is 0.325 e. The molecule has 0 spiro atoms. The van der Waals surface area contributed by atoms with Gasteiger partial charge in [0.05, 0.1) is 12.7 Å². The lowest BCUT2D eigenvalue weighted by Crippen LogP contribution is -2.41. The van der Waals surface area contributed by atoms with Crippen molar-refractivity contribution in [3.05, 3.63) is 0 Å². The maximum Gasteiger partial charge on any atom is 0.325 e. The van der Waals surface area contributed by atoms with E-state index >= 15 is 0 Å². The molecule has 14 heavy (non-hydrogen) atoms. The molecular weight excluding hydrogens is 182 g/mol. The van der Waals surface area contributed by atoms with Crippen molar-refractivity contribution in [2.45, 2.75) is 52.4 Å². The molecule has 0 aromatic carbocycles. The summed E-state index contributed by atoms with van der Waals surface area (Å²) in [5.74, 6) is -0.418. The van der Waals surface area contributed by atoms with Crippen LogP contribution in [0.2, 0.25) is 0 Å². The molecule has 0 aromatic rings. The summed E-state index contributed by atoms with van der Waals surface area (Å²) in [6.07, 6.45) is 0.0727. The highest BCUT2D eigenvalue weighted by Gasteiger charge is 2.22. The Balaban J connectivity index is 3.88. The number of nitrogens with two attached hydrogens (primary N) is 1. The third-order valence-electron chi connectivity index (χ3n) is 1.32. The van der Waals surface area contributed by atoms with Crippen LogP contribution in [-0.4, -0.2) is 30.3 Å². The van der Waals surface area contributed by atoms with Gasteiger partial charge in [-0.1, -0.05) is 0 Å². The molecule has 0 heterocycles. The lowest BCUT2D eigenvalue weighted by atomic mass is 10.2. The Bertz CT molecular complexity index is 184. The summed E-state index contributed by atoms with van der Waals surface area (Å²) in [6, 6.07) is -0.698. The van der Waals surface area contributed by atoms with Crippen molar-refractivity contribution in [2.24, 2.45) is 5.73 Å². The zero-order valence-corrected chi connectivity index (χ0v) is 9.66. The fourth-order valence-corrected chi connectivity index (χ4v) is 0.742. The highest BCUT2D eigenvalue weighted by atomic mass is 16.6. The molecule has 0 aliphatic heterocycles. The molecule has 4 nitrogen and oxygen atoms in total. The van der Waals surface area contributed by atoms with Crippen molar-refractivity contribution < 1.29 is 14.3 Å². The monoisotopic (exact) mass is 203 g/mol. The molecule has 0 aromatic heterocycles. The number of carbonyl (C=O) groups is 1. The van der Waals surface area contributed by atoms with E-state index in [4.69, 9.17) is 15.2 Å². The molecule has 0 amide bonds. The number of hydrogen-bond donors (Lipinski definition) is 1. The van der Waals surface area contributed by atoms with Crippen molar-refractivity contribution in [3.8, 4) is 0 Å². The molecule has 0 aliphatic carbocycles. The van der Waals surface area contributed by atoms with Crippen LogP contribution in [-0.2, 0) is 14.3 Å². The van der Waals surface area contributed by atoms with Gasteiger partial charge in [-0.15, -0.1) is 0 Å². The van der Waals surface area contributed by atoms with Crippen molar-refractivity contribution in [2.75, 3.05) is 6.61 Å². The first-order valence-electron chi connectivity index (χ1n) is 4.82. The van der Waals surface area contributed by atoms with Gasteiger partial charge in [0.25, 0.3) is 0 Å². The number of rotatable bonds is 4. The standard InChI is InChI=1S/C10H21NO3/c1-7(2)13-6-8(11)9(12)14-10(3,4)5/h7-8H,6,11H2,1-5H3/t8-/m1/s1. The molecule has 1 atom stereocenters. The molecule has 0 bridgehead atoms. The van der Waals surface area contributed by atoms with Gasteiger partial charge in [-0.05, 0) is 34.6 Å². The average molecular weight is 203 g/mol. The fraction of sp³-hybridized carbons (Fsp3) is 0.900. The first-order valence-corrected chi connectivity index (χ1v) is 4.82. The van der Waals surface area contributed by atoms with Gasteiger partial charge in [-0.25, -0.2) is 0 Å². The predicted molar refractivity (Wildman–Crippen MR) is 54.9 cm³/mol. The van der Waals surface area contributed by atoms with Crippen molar-refractivity contribution in [1.29, 1.82) is 0 Å².